The number of aryl methyl sites for hydroxylation is 1. The molecule has 142 valence electrons. The van der Waals surface area contributed by atoms with Crippen LogP contribution in [-0.4, -0.2) is 43.6 Å². The second-order valence-electron chi connectivity index (χ2n) is 6.75. The molecule has 2 amide bonds. The maximum atomic E-state index is 12.8. The highest BCUT2D eigenvalue weighted by Gasteiger charge is 2.41. The molecule has 1 aromatic rings. The monoisotopic (exact) mass is 362 g/mol. The number of amides is 2. The maximum Gasteiger partial charge on any atom is 0.338 e. The molecule has 0 spiro atoms. The van der Waals surface area contributed by atoms with Crippen molar-refractivity contribution in [2.24, 2.45) is 0 Å². The van der Waals surface area contributed by atoms with Gasteiger partial charge in [0, 0.05) is 19.5 Å². The van der Waals surface area contributed by atoms with Crippen LogP contribution in [0.5, 0.6) is 5.75 Å². The summed E-state index contributed by atoms with van der Waals surface area (Å²) in [6.07, 6.45) is 0.832. The molecule has 1 aromatic carbocycles. The molecule has 0 saturated heterocycles. The average molecular weight is 362 g/mol. The molecule has 0 radical (unpaired) electrons. The third-order valence-corrected chi connectivity index (χ3v) is 4.29. The number of ether oxygens (including phenoxy) is 2. The van der Waals surface area contributed by atoms with Gasteiger partial charge in [0.25, 0.3) is 5.91 Å². The zero-order chi connectivity index (χ0) is 19.5. The van der Waals surface area contributed by atoms with E-state index < -0.39 is 11.6 Å². The van der Waals surface area contributed by atoms with Gasteiger partial charge < -0.3 is 19.7 Å². The summed E-state index contributed by atoms with van der Waals surface area (Å²) >= 11 is 0. The Morgan fingerprint density at radius 1 is 1.31 bits per heavy atom. The highest BCUT2D eigenvalue weighted by atomic mass is 16.5. The van der Waals surface area contributed by atoms with E-state index in [9.17, 15) is 14.4 Å². The number of nitrogens with zero attached hydrogens (tertiary/aromatic N) is 1. The van der Waals surface area contributed by atoms with Gasteiger partial charge in [0.05, 0.1) is 18.4 Å². The molecular formula is C19H26N2O5. The fourth-order valence-electron chi connectivity index (χ4n) is 2.95. The molecule has 26 heavy (non-hydrogen) atoms. The Morgan fingerprint density at radius 3 is 2.62 bits per heavy atom. The number of carbonyl (C=O) groups excluding carboxylic acids is 3. The van der Waals surface area contributed by atoms with Gasteiger partial charge in [-0.3, -0.25) is 9.59 Å². The first-order valence-electron chi connectivity index (χ1n) is 8.72. The smallest absolute Gasteiger partial charge is 0.338 e. The van der Waals surface area contributed by atoms with Crippen LogP contribution in [0.4, 0.5) is 5.69 Å². The van der Waals surface area contributed by atoms with Gasteiger partial charge in [0.1, 0.15) is 5.75 Å². The summed E-state index contributed by atoms with van der Waals surface area (Å²) < 4.78 is 10.7. The highest BCUT2D eigenvalue weighted by Crippen LogP contribution is 2.40. The summed E-state index contributed by atoms with van der Waals surface area (Å²) in [7, 11) is 1.32. The third kappa shape index (κ3) is 3.98. The van der Waals surface area contributed by atoms with Crippen molar-refractivity contribution in [3.05, 3.63) is 23.3 Å². The van der Waals surface area contributed by atoms with Gasteiger partial charge in [-0.25, -0.2) is 4.79 Å². The SMILES string of the molecule is CCNC(=O)CCCN1C(=O)C(C)(C)Oc2cc(C)c(C(=O)OC)cc21. The van der Waals surface area contributed by atoms with E-state index in [1.54, 1.807) is 37.8 Å². The molecule has 1 aliphatic rings. The van der Waals surface area contributed by atoms with Crippen LogP contribution in [0, 0.1) is 6.92 Å². The number of hydrogen-bond donors (Lipinski definition) is 1. The standard InChI is InChI=1S/C19H26N2O5/c1-6-20-16(22)8-7-9-21-14-11-13(17(23)25-5)12(2)10-15(14)26-19(3,4)18(21)24/h10-11H,6-9H2,1-5H3,(H,20,22). The third-order valence-electron chi connectivity index (χ3n) is 4.29. The van der Waals surface area contributed by atoms with E-state index in [1.165, 1.54) is 7.11 Å². The van der Waals surface area contributed by atoms with Crippen LogP contribution in [0.1, 0.15) is 49.5 Å². The van der Waals surface area contributed by atoms with Gasteiger partial charge in [0.15, 0.2) is 5.60 Å². The number of hydrogen-bond acceptors (Lipinski definition) is 5. The van der Waals surface area contributed by atoms with Crippen LogP contribution in [0.3, 0.4) is 0 Å². The van der Waals surface area contributed by atoms with Crippen LogP contribution in [-0.2, 0) is 14.3 Å². The van der Waals surface area contributed by atoms with Crippen molar-refractivity contribution >= 4 is 23.5 Å². The minimum Gasteiger partial charge on any atom is -0.476 e. The average Bonchev–Trinajstić information content (AvgIpc) is 2.57. The summed E-state index contributed by atoms with van der Waals surface area (Å²) in [4.78, 5) is 38.1. The van der Waals surface area contributed by atoms with Crippen LogP contribution in [0.25, 0.3) is 0 Å². The number of carbonyl (C=O) groups is 3. The van der Waals surface area contributed by atoms with Gasteiger partial charge in [-0.1, -0.05) is 0 Å². The molecule has 0 saturated carbocycles. The van der Waals surface area contributed by atoms with Crippen molar-refractivity contribution in [1.82, 2.24) is 5.32 Å². The van der Waals surface area contributed by atoms with Crippen LogP contribution < -0.4 is 15.0 Å². The first-order valence-corrected chi connectivity index (χ1v) is 8.72. The van der Waals surface area contributed by atoms with Crippen molar-refractivity contribution < 1.29 is 23.9 Å². The van der Waals surface area contributed by atoms with Crippen molar-refractivity contribution in [2.75, 3.05) is 25.1 Å². The first kappa shape index (κ1) is 19.8. The molecule has 1 heterocycles. The Hall–Kier alpha value is -2.57. The number of anilines is 1. The normalized spacial score (nSPS) is 15.1. The van der Waals surface area contributed by atoms with E-state index >= 15 is 0 Å². The molecule has 0 fully saturated rings. The lowest BCUT2D eigenvalue weighted by molar-refractivity contribution is -0.132. The molecule has 0 aromatic heterocycles. The molecule has 0 bridgehead atoms. The van der Waals surface area contributed by atoms with Crippen molar-refractivity contribution in [3.63, 3.8) is 0 Å². The zero-order valence-electron chi connectivity index (χ0n) is 16.0. The molecule has 7 nitrogen and oxygen atoms in total. The molecule has 0 unspecified atom stereocenters. The zero-order valence-corrected chi connectivity index (χ0v) is 16.0. The fourth-order valence-corrected chi connectivity index (χ4v) is 2.95. The highest BCUT2D eigenvalue weighted by molar-refractivity contribution is 6.04. The van der Waals surface area contributed by atoms with Crippen LogP contribution in [0.15, 0.2) is 12.1 Å². The fraction of sp³-hybridized carbons (Fsp3) is 0.526. The number of nitrogens with one attached hydrogen (secondary N) is 1. The second-order valence-corrected chi connectivity index (χ2v) is 6.75. The lowest BCUT2D eigenvalue weighted by Gasteiger charge is -2.39. The quantitative estimate of drug-likeness (QED) is 0.784. The van der Waals surface area contributed by atoms with E-state index in [1.807, 2.05) is 6.92 Å². The Morgan fingerprint density at radius 2 is 2.00 bits per heavy atom. The largest absolute Gasteiger partial charge is 0.476 e. The second kappa shape index (κ2) is 7.76. The Bertz CT molecular complexity index is 727. The lowest BCUT2D eigenvalue weighted by atomic mass is 10.00. The molecule has 7 heteroatoms. The summed E-state index contributed by atoms with van der Waals surface area (Å²) in [5.41, 5.74) is 0.605. The predicted molar refractivity (Wildman–Crippen MR) is 97.5 cm³/mol. The minimum atomic E-state index is -1.02. The maximum absolute atomic E-state index is 12.8. The van der Waals surface area contributed by atoms with Crippen LogP contribution >= 0.6 is 0 Å². The van der Waals surface area contributed by atoms with Crippen molar-refractivity contribution in [2.45, 2.75) is 46.1 Å². The molecule has 1 N–H and O–H groups in total. The predicted octanol–water partition coefficient (Wildman–Crippen LogP) is 2.20. The lowest BCUT2D eigenvalue weighted by Crippen LogP contribution is -2.53. The molecule has 2 rings (SSSR count). The van der Waals surface area contributed by atoms with E-state index in [0.29, 0.717) is 48.5 Å². The van der Waals surface area contributed by atoms with Gasteiger partial charge in [-0.2, -0.15) is 0 Å². The van der Waals surface area contributed by atoms with E-state index in [2.05, 4.69) is 5.32 Å². The molecule has 0 atom stereocenters. The Balaban J connectivity index is 2.33. The van der Waals surface area contributed by atoms with E-state index in [-0.39, 0.29) is 11.8 Å². The molecule has 0 aliphatic carbocycles. The first-order chi connectivity index (χ1) is 12.2. The molecule has 1 aliphatic heterocycles. The topological polar surface area (TPSA) is 84.9 Å². The Kier molecular flexibility index (Phi) is 5.90. The Labute approximate surface area is 153 Å². The van der Waals surface area contributed by atoms with Gasteiger partial charge in [-0.05, 0) is 51.8 Å². The van der Waals surface area contributed by atoms with Gasteiger partial charge in [-0.15, -0.1) is 0 Å². The summed E-state index contributed by atoms with van der Waals surface area (Å²) in [5.74, 6) is -0.185. The van der Waals surface area contributed by atoms with E-state index in [4.69, 9.17) is 9.47 Å². The number of fused-ring (bicyclic) bond motifs is 1. The van der Waals surface area contributed by atoms with Crippen LogP contribution in [0.2, 0.25) is 0 Å². The minimum absolute atomic E-state index is 0.0492. The molecular weight excluding hydrogens is 336 g/mol. The van der Waals surface area contributed by atoms with Gasteiger partial charge in [0.2, 0.25) is 5.91 Å². The van der Waals surface area contributed by atoms with Crippen molar-refractivity contribution in [1.29, 1.82) is 0 Å². The number of rotatable bonds is 6. The van der Waals surface area contributed by atoms with Gasteiger partial charge >= 0.3 is 5.97 Å². The van der Waals surface area contributed by atoms with Crippen molar-refractivity contribution in [3.8, 4) is 5.75 Å². The number of esters is 1. The number of methoxy groups -OCH3 is 1. The van der Waals surface area contributed by atoms with E-state index in [0.717, 1.165) is 0 Å². The summed E-state index contributed by atoms with van der Waals surface area (Å²) in [5, 5.41) is 2.74. The summed E-state index contributed by atoms with van der Waals surface area (Å²) in [6, 6.07) is 3.36. The number of benzene rings is 1. The summed E-state index contributed by atoms with van der Waals surface area (Å²) in [6.45, 7) is 8.00.